The summed E-state index contributed by atoms with van der Waals surface area (Å²) in [5, 5.41) is 10.2. The predicted molar refractivity (Wildman–Crippen MR) is 128 cm³/mol. The monoisotopic (exact) mass is 495 g/mol. The fourth-order valence-electron chi connectivity index (χ4n) is 3.43. The molecule has 0 saturated heterocycles. The summed E-state index contributed by atoms with van der Waals surface area (Å²) in [5.41, 5.74) is 2.30. The summed E-state index contributed by atoms with van der Waals surface area (Å²) in [6.07, 6.45) is 2.51. The summed E-state index contributed by atoms with van der Waals surface area (Å²) in [7, 11) is -3.77. The lowest BCUT2D eigenvalue weighted by Gasteiger charge is -2.23. The number of benzene rings is 2. The first kappa shape index (κ1) is 23.3. The van der Waals surface area contributed by atoms with Crippen molar-refractivity contribution in [1.29, 1.82) is 5.26 Å². The molecule has 2 aromatic carbocycles. The van der Waals surface area contributed by atoms with Crippen molar-refractivity contribution < 1.29 is 17.6 Å². The zero-order valence-electron chi connectivity index (χ0n) is 18.1. The van der Waals surface area contributed by atoms with Crippen LogP contribution in [0.15, 0.2) is 54.7 Å². The second-order valence-electron chi connectivity index (χ2n) is 7.49. The van der Waals surface area contributed by atoms with Gasteiger partial charge in [0.15, 0.2) is 5.13 Å². The highest BCUT2D eigenvalue weighted by Gasteiger charge is 2.23. The molecule has 0 saturated carbocycles. The van der Waals surface area contributed by atoms with Crippen LogP contribution < -0.4 is 9.62 Å². The van der Waals surface area contributed by atoms with Gasteiger partial charge in [-0.05, 0) is 49.4 Å². The van der Waals surface area contributed by atoms with Crippen LogP contribution in [0, 0.1) is 24.1 Å². The van der Waals surface area contributed by atoms with Gasteiger partial charge in [-0.1, -0.05) is 6.07 Å². The Morgan fingerprint density at radius 1 is 1.24 bits per heavy atom. The molecule has 0 atom stereocenters. The third-order valence-corrected chi connectivity index (χ3v) is 6.44. The van der Waals surface area contributed by atoms with Crippen molar-refractivity contribution in [2.75, 3.05) is 11.2 Å². The molecule has 0 spiro atoms. The molecule has 4 aromatic rings. The topological polar surface area (TPSA) is 116 Å². The van der Waals surface area contributed by atoms with Crippen LogP contribution in [0.2, 0.25) is 0 Å². The number of anilines is 2. The molecule has 1 N–H and O–H groups in total. The zero-order valence-corrected chi connectivity index (χ0v) is 19.7. The predicted octanol–water partition coefficient (Wildman–Crippen LogP) is 4.04. The van der Waals surface area contributed by atoms with E-state index in [2.05, 4.69) is 16.0 Å². The van der Waals surface area contributed by atoms with Crippen molar-refractivity contribution in [3.8, 4) is 6.07 Å². The van der Waals surface area contributed by atoms with Crippen LogP contribution in [0.4, 0.5) is 15.2 Å². The standard InChI is InChI=1S/C23H18FN5O3S2/c1-14-20(22(30)28-34(2,31)32)27-23(33-14)29(19-7-5-15(12-25)6-8-19)13-17-11-18(24)10-16-4-3-9-26-21(16)17/h3-11H,13H2,1-2H3,(H,28,30). The third-order valence-electron chi connectivity index (χ3n) is 4.89. The van der Waals surface area contributed by atoms with E-state index in [1.165, 1.54) is 23.5 Å². The number of amides is 1. The van der Waals surface area contributed by atoms with E-state index in [1.807, 2.05) is 4.72 Å². The average molecular weight is 496 g/mol. The maximum Gasteiger partial charge on any atom is 0.284 e. The molecule has 8 nitrogen and oxygen atoms in total. The van der Waals surface area contributed by atoms with Gasteiger partial charge in [0.05, 0.1) is 29.9 Å². The number of aryl methyl sites for hydroxylation is 1. The fourth-order valence-corrected chi connectivity index (χ4v) is 4.79. The summed E-state index contributed by atoms with van der Waals surface area (Å²) in [5.74, 6) is -1.25. The summed E-state index contributed by atoms with van der Waals surface area (Å²) in [6.45, 7) is 1.83. The number of pyridine rings is 1. The number of carbonyl (C=O) groups is 1. The van der Waals surface area contributed by atoms with Gasteiger partial charge >= 0.3 is 0 Å². The highest BCUT2D eigenvalue weighted by Crippen LogP contribution is 2.34. The lowest BCUT2D eigenvalue weighted by Crippen LogP contribution is -2.30. The number of nitrogens with zero attached hydrogens (tertiary/aromatic N) is 4. The minimum absolute atomic E-state index is 0.0219. The first-order valence-corrected chi connectivity index (χ1v) is 12.7. The van der Waals surface area contributed by atoms with Crippen LogP contribution in [-0.4, -0.2) is 30.5 Å². The van der Waals surface area contributed by atoms with Crippen molar-refractivity contribution in [1.82, 2.24) is 14.7 Å². The van der Waals surface area contributed by atoms with Gasteiger partial charge in [-0.3, -0.25) is 9.78 Å². The second kappa shape index (κ2) is 9.17. The number of hydrogen-bond acceptors (Lipinski definition) is 8. The molecular weight excluding hydrogens is 477 g/mol. The van der Waals surface area contributed by atoms with Crippen LogP contribution in [0.3, 0.4) is 0 Å². The molecule has 0 radical (unpaired) electrons. The van der Waals surface area contributed by atoms with Crippen molar-refractivity contribution in [2.24, 2.45) is 0 Å². The van der Waals surface area contributed by atoms with E-state index >= 15 is 0 Å². The number of carbonyl (C=O) groups excluding carboxylic acids is 1. The quantitative estimate of drug-likeness (QED) is 0.429. The number of thiazole rings is 1. The van der Waals surface area contributed by atoms with Crippen LogP contribution in [0.1, 0.15) is 26.5 Å². The van der Waals surface area contributed by atoms with Gasteiger partial charge in [0.1, 0.15) is 11.5 Å². The van der Waals surface area contributed by atoms with Crippen LogP contribution in [0.5, 0.6) is 0 Å². The molecule has 4 rings (SSSR count). The van der Waals surface area contributed by atoms with E-state index in [-0.39, 0.29) is 12.2 Å². The van der Waals surface area contributed by atoms with E-state index < -0.39 is 21.7 Å². The van der Waals surface area contributed by atoms with Crippen molar-refractivity contribution in [2.45, 2.75) is 13.5 Å². The molecule has 1 amide bonds. The lowest BCUT2D eigenvalue weighted by atomic mass is 10.1. The van der Waals surface area contributed by atoms with E-state index in [1.54, 1.807) is 54.4 Å². The third kappa shape index (κ3) is 5.03. The van der Waals surface area contributed by atoms with Gasteiger partial charge in [0.2, 0.25) is 10.0 Å². The van der Waals surface area contributed by atoms with Crippen molar-refractivity contribution >= 4 is 49.0 Å². The van der Waals surface area contributed by atoms with Crippen LogP contribution >= 0.6 is 11.3 Å². The first-order valence-electron chi connectivity index (χ1n) is 9.95. The summed E-state index contributed by atoms with van der Waals surface area (Å²) in [4.78, 5) is 23.5. The van der Waals surface area contributed by atoms with Gasteiger partial charge in [-0.15, -0.1) is 11.3 Å². The molecule has 172 valence electrons. The lowest BCUT2D eigenvalue weighted by molar-refractivity contribution is 0.0977. The number of aromatic nitrogens is 2. The van der Waals surface area contributed by atoms with E-state index in [9.17, 15) is 17.6 Å². The Hall–Kier alpha value is -3.88. The largest absolute Gasteiger partial charge is 0.313 e. The molecule has 11 heteroatoms. The van der Waals surface area contributed by atoms with Gasteiger partial charge in [-0.25, -0.2) is 22.5 Å². The summed E-state index contributed by atoms with van der Waals surface area (Å²) >= 11 is 1.19. The minimum atomic E-state index is -3.77. The molecule has 0 aliphatic rings. The van der Waals surface area contributed by atoms with Gasteiger partial charge < -0.3 is 4.90 Å². The highest BCUT2D eigenvalue weighted by molar-refractivity contribution is 7.89. The molecular formula is C23H18FN5O3S2. The number of halogens is 1. The van der Waals surface area contributed by atoms with Gasteiger partial charge in [0.25, 0.3) is 5.91 Å². The molecule has 2 heterocycles. The number of nitriles is 1. The molecule has 0 unspecified atom stereocenters. The van der Waals surface area contributed by atoms with Crippen molar-refractivity contribution in [3.63, 3.8) is 0 Å². The van der Waals surface area contributed by atoms with Crippen LogP contribution in [-0.2, 0) is 16.6 Å². The molecule has 0 bridgehead atoms. The van der Waals surface area contributed by atoms with Gasteiger partial charge in [0, 0.05) is 27.7 Å². The summed E-state index contributed by atoms with van der Waals surface area (Å²) in [6, 6.07) is 15.1. The number of rotatable bonds is 6. The fraction of sp³-hybridized carbons (Fsp3) is 0.130. The Bertz CT molecular complexity index is 1540. The smallest absolute Gasteiger partial charge is 0.284 e. The number of fused-ring (bicyclic) bond motifs is 1. The molecule has 0 aliphatic heterocycles. The average Bonchev–Trinajstić information content (AvgIpc) is 3.17. The number of sulfonamides is 1. The Balaban J connectivity index is 1.81. The zero-order chi connectivity index (χ0) is 24.5. The Kier molecular flexibility index (Phi) is 6.28. The second-order valence-corrected chi connectivity index (χ2v) is 10.4. The van der Waals surface area contributed by atoms with Crippen LogP contribution in [0.25, 0.3) is 10.9 Å². The molecule has 0 fully saturated rings. The SMILES string of the molecule is Cc1sc(N(Cc2cc(F)cc3cccnc23)c2ccc(C#N)cc2)nc1C(=O)NS(C)(=O)=O. The van der Waals surface area contributed by atoms with E-state index in [0.29, 0.717) is 37.7 Å². The molecule has 34 heavy (non-hydrogen) atoms. The highest BCUT2D eigenvalue weighted by atomic mass is 32.2. The Morgan fingerprint density at radius 3 is 2.65 bits per heavy atom. The normalized spacial score (nSPS) is 11.2. The van der Waals surface area contributed by atoms with E-state index in [0.717, 1.165) is 6.26 Å². The maximum atomic E-state index is 14.4. The number of hydrogen-bond donors (Lipinski definition) is 1. The van der Waals surface area contributed by atoms with E-state index in [4.69, 9.17) is 5.26 Å². The Morgan fingerprint density at radius 2 is 1.97 bits per heavy atom. The maximum absolute atomic E-state index is 14.4. The summed E-state index contributed by atoms with van der Waals surface area (Å²) < 4.78 is 39.3. The molecule has 2 aromatic heterocycles. The first-order chi connectivity index (χ1) is 16.1. The molecule has 0 aliphatic carbocycles. The minimum Gasteiger partial charge on any atom is -0.313 e. The van der Waals surface area contributed by atoms with Crippen molar-refractivity contribution in [3.05, 3.63) is 82.2 Å². The Labute approximate surface area is 199 Å². The van der Waals surface area contributed by atoms with Gasteiger partial charge in [-0.2, -0.15) is 5.26 Å². The number of nitrogens with one attached hydrogen (secondary N) is 1.